The highest BCUT2D eigenvalue weighted by molar-refractivity contribution is 6.04. The smallest absolute Gasteiger partial charge is 0.383 e. The van der Waals surface area contributed by atoms with Crippen LogP contribution in [0, 0.1) is 18.8 Å². The van der Waals surface area contributed by atoms with E-state index in [1.165, 1.54) is 12.1 Å². The van der Waals surface area contributed by atoms with E-state index in [0.29, 0.717) is 28.8 Å². The van der Waals surface area contributed by atoms with Gasteiger partial charge in [0.25, 0.3) is 5.91 Å². The summed E-state index contributed by atoms with van der Waals surface area (Å²) < 4.78 is 80.9. The molecule has 0 saturated carbocycles. The summed E-state index contributed by atoms with van der Waals surface area (Å²) in [5, 5.41) is 6.43. The van der Waals surface area contributed by atoms with Gasteiger partial charge in [-0.15, -0.1) is 0 Å². The van der Waals surface area contributed by atoms with Gasteiger partial charge in [-0.3, -0.25) is 9.48 Å². The molecule has 4 rings (SSSR count). The summed E-state index contributed by atoms with van der Waals surface area (Å²) in [4.78, 5) is 17.0. The van der Waals surface area contributed by atoms with Crippen LogP contribution in [0.2, 0.25) is 0 Å². The maximum absolute atomic E-state index is 13.2. The summed E-state index contributed by atoms with van der Waals surface area (Å²) in [6.07, 6.45) is -4.94. The van der Waals surface area contributed by atoms with E-state index < -0.39 is 35.1 Å². The van der Waals surface area contributed by atoms with Crippen LogP contribution in [0.3, 0.4) is 0 Å². The molecular weight excluding hydrogens is 548 g/mol. The minimum absolute atomic E-state index is 0.0127. The molecule has 41 heavy (non-hydrogen) atoms. The van der Waals surface area contributed by atoms with Gasteiger partial charge in [0.1, 0.15) is 5.82 Å². The molecule has 0 unspecified atom stereocenters. The van der Waals surface area contributed by atoms with Crippen LogP contribution in [0.25, 0.3) is 11.1 Å². The number of carbonyl (C=O) groups is 1. The second kappa shape index (κ2) is 11.0. The molecule has 6 nitrogen and oxygen atoms in total. The van der Waals surface area contributed by atoms with Gasteiger partial charge in [0.2, 0.25) is 0 Å². The normalized spacial score (nSPS) is 11.8. The largest absolute Gasteiger partial charge is 0.416 e. The van der Waals surface area contributed by atoms with E-state index in [-0.39, 0.29) is 23.5 Å². The number of halogens is 6. The maximum Gasteiger partial charge on any atom is 0.416 e. The van der Waals surface area contributed by atoms with Crippen LogP contribution in [0.4, 0.5) is 37.8 Å². The summed E-state index contributed by atoms with van der Waals surface area (Å²) in [5.74, 6) is 5.11. The number of hydrogen-bond donors (Lipinski definition) is 2. The van der Waals surface area contributed by atoms with Gasteiger partial charge in [0.05, 0.1) is 22.9 Å². The number of amides is 1. The Morgan fingerprint density at radius 1 is 0.902 bits per heavy atom. The monoisotopic (exact) mass is 571 g/mol. The minimum Gasteiger partial charge on any atom is -0.383 e. The molecule has 0 bridgehead atoms. The highest BCUT2D eigenvalue weighted by Crippen LogP contribution is 2.37. The van der Waals surface area contributed by atoms with E-state index in [1.807, 2.05) is 20.0 Å². The van der Waals surface area contributed by atoms with Crippen LogP contribution >= 0.6 is 0 Å². The molecule has 12 heteroatoms. The van der Waals surface area contributed by atoms with E-state index >= 15 is 0 Å². The number of nitrogens with two attached hydrogens (primary N) is 1. The number of nitrogens with one attached hydrogen (secondary N) is 1. The van der Waals surface area contributed by atoms with Gasteiger partial charge >= 0.3 is 12.4 Å². The van der Waals surface area contributed by atoms with Crippen LogP contribution in [-0.2, 0) is 12.4 Å². The molecule has 0 atom stereocenters. The SMILES string of the molecule is Cc1ccc(C(=O)Nc2cc(C(F)(F)F)cc(C(F)(F)F)c2)cc1C#Cc1cc(-c2cnn(C(C)C)c2)cnc1N. The minimum atomic E-state index is -5.05. The lowest BCUT2D eigenvalue weighted by Crippen LogP contribution is -2.16. The lowest BCUT2D eigenvalue weighted by atomic mass is 10.0. The molecule has 212 valence electrons. The Morgan fingerprint density at radius 3 is 2.12 bits per heavy atom. The fourth-order valence-corrected chi connectivity index (χ4v) is 3.77. The zero-order valence-corrected chi connectivity index (χ0v) is 21.9. The third-order valence-electron chi connectivity index (χ3n) is 6.06. The summed E-state index contributed by atoms with van der Waals surface area (Å²) in [5.41, 5.74) is 5.30. The van der Waals surface area contributed by atoms with E-state index in [9.17, 15) is 31.1 Å². The Bertz CT molecular complexity index is 1640. The lowest BCUT2D eigenvalue weighted by molar-refractivity contribution is -0.143. The first-order chi connectivity index (χ1) is 19.1. The molecular formula is C29H23F6N5O. The van der Waals surface area contributed by atoms with Gasteiger partial charge in [0, 0.05) is 46.4 Å². The molecule has 2 aromatic carbocycles. The molecule has 4 aromatic rings. The quantitative estimate of drug-likeness (QED) is 0.202. The number of anilines is 2. The third-order valence-corrected chi connectivity index (χ3v) is 6.06. The number of aryl methyl sites for hydroxylation is 1. The summed E-state index contributed by atoms with van der Waals surface area (Å²) >= 11 is 0. The Kier molecular flexibility index (Phi) is 7.83. The van der Waals surface area contributed by atoms with Gasteiger partial charge in [-0.2, -0.15) is 31.4 Å². The average Bonchev–Trinajstić information content (AvgIpc) is 3.39. The number of rotatable bonds is 4. The number of alkyl halides is 6. The number of aromatic nitrogens is 3. The maximum atomic E-state index is 13.2. The molecule has 0 aliphatic rings. The molecule has 0 saturated heterocycles. The van der Waals surface area contributed by atoms with Crippen molar-refractivity contribution in [3.63, 3.8) is 0 Å². The first kappa shape index (κ1) is 29.2. The molecule has 3 N–H and O–H groups in total. The van der Waals surface area contributed by atoms with Gasteiger partial charge in [-0.1, -0.05) is 17.9 Å². The summed E-state index contributed by atoms with van der Waals surface area (Å²) in [6, 6.07) is 7.11. The molecule has 0 spiro atoms. The number of benzene rings is 2. The molecule has 2 aromatic heterocycles. The van der Waals surface area contributed by atoms with Crippen LogP contribution in [0.15, 0.2) is 61.1 Å². The molecule has 2 heterocycles. The van der Waals surface area contributed by atoms with E-state index in [0.717, 1.165) is 11.1 Å². The van der Waals surface area contributed by atoms with Gasteiger partial charge < -0.3 is 11.1 Å². The number of nitrogens with zero attached hydrogens (tertiary/aromatic N) is 3. The third kappa shape index (κ3) is 6.87. The van der Waals surface area contributed by atoms with Crippen molar-refractivity contribution < 1.29 is 31.1 Å². The first-order valence-corrected chi connectivity index (χ1v) is 12.2. The van der Waals surface area contributed by atoms with Crippen molar-refractivity contribution in [2.24, 2.45) is 0 Å². The molecule has 0 aliphatic carbocycles. The fraction of sp³-hybridized carbons (Fsp3) is 0.207. The highest BCUT2D eigenvalue weighted by Gasteiger charge is 2.37. The highest BCUT2D eigenvalue weighted by atomic mass is 19.4. The second-order valence-corrected chi connectivity index (χ2v) is 9.49. The second-order valence-electron chi connectivity index (χ2n) is 9.49. The first-order valence-electron chi connectivity index (χ1n) is 12.2. The molecule has 0 radical (unpaired) electrons. The van der Waals surface area contributed by atoms with Gasteiger partial charge in [-0.25, -0.2) is 4.98 Å². The summed E-state index contributed by atoms with van der Waals surface area (Å²) in [7, 11) is 0. The van der Waals surface area contributed by atoms with Crippen molar-refractivity contribution in [1.29, 1.82) is 0 Å². The topological polar surface area (TPSA) is 85.8 Å². The van der Waals surface area contributed by atoms with Crippen molar-refractivity contribution in [3.05, 3.63) is 94.4 Å². The van der Waals surface area contributed by atoms with Crippen LogP contribution in [-0.4, -0.2) is 20.7 Å². The van der Waals surface area contributed by atoms with Gasteiger partial charge in [-0.05, 0) is 62.7 Å². The van der Waals surface area contributed by atoms with E-state index in [1.54, 1.807) is 36.1 Å². The van der Waals surface area contributed by atoms with Crippen molar-refractivity contribution in [3.8, 4) is 23.0 Å². The zero-order chi connectivity index (χ0) is 30.1. The van der Waals surface area contributed by atoms with Crippen molar-refractivity contribution >= 4 is 17.4 Å². The Labute approximate surface area is 231 Å². The van der Waals surface area contributed by atoms with Crippen molar-refractivity contribution in [2.45, 2.75) is 39.2 Å². The Hall–Kier alpha value is -4.79. The van der Waals surface area contributed by atoms with Crippen LogP contribution in [0.1, 0.15) is 58.1 Å². The molecule has 1 amide bonds. The lowest BCUT2D eigenvalue weighted by Gasteiger charge is -2.15. The summed E-state index contributed by atoms with van der Waals surface area (Å²) in [6.45, 7) is 5.71. The van der Waals surface area contributed by atoms with Crippen LogP contribution < -0.4 is 11.1 Å². The molecule has 0 aliphatic heterocycles. The predicted molar refractivity (Wildman–Crippen MR) is 142 cm³/mol. The Balaban J connectivity index is 1.63. The number of hydrogen-bond acceptors (Lipinski definition) is 4. The van der Waals surface area contributed by atoms with Crippen LogP contribution in [0.5, 0.6) is 0 Å². The average molecular weight is 572 g/mol. The fourth-order valence-electron chi connectivity index (χ4n) is 3.77. The number of pyridine rings is 1. The van der Waals surface area contributed by atoms with E-state index in [2.05, 4.69) is 27.2 Å². The zero-order valence-electron chi connectivity index (χ0n) is 21.9. The Morgan fingerprint density at radius 2 is 1.54 bits per heavy atom. The van der Waals surface area contributed by atoms with Gasteiger partial charge in [0.15, 0.2) is 0 Å². The van der Waals surface area contributed by atoms with Crippen molar-refractivity contribution in [1.82, 2.24) is 14.8 Å². The number of nitrogen functional groups attached to an aromatic ring is 1. The van der Waals surface area contributed by atoms with Crippen molar-refractivity contribution in [2.75, 3.05) is 11.1 Å². The predicted octanol–water partition coefficient (Wildman–Crippen LogP) is 7.11. The standard InChI is InChI=1S/C29H23F6N5O/c1-16(2)40-15-22(14-38-40)21-9-19(26(36)37-13-21)7-6-18-8-20(5-4-17(18)3)27(41)39-25-11-23(28(30,31)32)10-24(12-25)29(33,34)35/h4-5,8-16H,1-3H3,(H2,36,37)(H,39,41). The number of carbonyl (C=O) groups excluding carboxylic acids is 1. The van der Waals surface area contributed by atoms with E-state index in [4.69, 9.17) is 5.73 Å². The molecule has 0 fully saturated rings.